The first-order chi connectivity index (χ1) is 13.0. The van der Waals surface area contributed by atoms with Gasteiger partial charge in [-0.05, 0) is 30.5 Å². The fraction of sp³-hybridized carbons (Fsp3) is 0.286. The molecule has 0 fully saturated rings. The number of aromatic nitrogens is 2. The number of aromatic amines is 1. The van der Waals surface area contributed by atoms with Crippen molar-refractivity contribution in [1.29, 1.82) is 0 Å². The lowest BCUT2D eigenvalue weighted by Crippen LogP contribution is -2.33. The molecule has 2 aromatic carbocycles. The van der Waals surface area contributed by atoms with E-state index in [-0.39, 0.29) is 23.0 Å². The molecular weight excluding hydrogens is 342 g/mol. The molecule has 0 saturated heterocycles. The fourth-order valence-electron chi connectivity index (χ4n) is 3.88. The van der Waals surface area contributed by atoms with E-state index >= 15 is 0 Å². The molecule has 1 unspecified atom stereocenters. The summed E-state index contributed by atoms with van der Waals surface area (Å²) in [5.74, 6) is -0.571. The second-order valence-corrected chi connectivity index (χ2v) is 6.98. The molecule has 0 radical (unpaired) electrons. The highest BCUT2D eigenvalue weighted by Crippen LogP contribution is 2.37. The van der Waals surface area contributed by atoms with Crippen LogP contribution in [0.1, 0.15) is 53.5 Å². The standard InChI is InChI=1S/C21H21N3O3/c1-3-6-17-15-9-16(19(26)10-18(15)23-22-17)21(27)24-11-13-7-4-5-8-14(13)20(24)12(2)25/h4-5,7-10,20,26H,3,6,11H2,1-2H3,(H,22,23). The summed E-state index contributed by atoms with van der Waals surface area (Å²) < 4.78 is 0. The summed E-state index contributed by atoms with van der Waals surface area (Å²) in [6, 6.07) is 10.1. The number of hydrogen-bond acceptors (Lipinski definition) is 4. The van der Waals surface area contributed by atoms with Gasteiger partial charge in [-0.3, -0.25) is 14.7 Å². The summed E-state index contributed by atoms with van der Waals surface area (Å²) in [5, 5.41) is 18.4. The molecule has 6 nitrogen and oxygen atoms in total. The lowest BCUT2D eigenvalue weighted by atomic mass is 10.0. The molecule has 138 valence electrons. The van der Waals surface area contributed by atoms with Crippen LogP contribution in [0.15, 0.2) is 36.4 Å². The van der Waals surface area contributed by atoms with Gasteiger partial charge in [0.2, 0.25) is 0 Å². The zero-order chi connectivity index (χ0) is 19.1. The zero-order valence-corrected chi connectivity index (χ0v) is 15.3. The van der Waals surface area contributed by atoms with E-state index in [4.69, 9.17) is 0 Å². The summed E-state index contributed by atoms with van der Waals surface area (Å²) in [7, 11) is 0. The minimum absolute atomic E-state index is 0.0937. The first-order valence-corrected chi connectivity index (χ1v) is 9.10. The number of nitrogens with one attached hydrogen (secondary N) is 1. The van der Waals surface area contributed by atoms with Gasteiger partial charge >= 0.3 is 0 Å². The molecule has 2 heterocycles. The van der Waals surface area contributed by atoms with Crippen molar-refractivity contribution in [3.63, 3.8) is 0 Å². The second-order valence-electron chi connectivity index (χ2n) is 6.98. The molecule has 27 heavy (non-hydrogen) atoms. The van der Waals surface area contributed by atoms with Crippen molar-refractivity contribution in [1.82, 2.24) is 15.1 Å². The van der Waals surface area contributed by atoms with E-state index in [1.165, 1.54) is 17.9 Å². The topological polar surface area (TPSA) is 86.3 Å². The van der Waals surface area contributed by atoms with Crippen LogP contribution in [-0.4, -0.2) is 31.9 Å². The van der Waals surface area contributed by atoms with Gasteiger partial charge in [0.1, 0.15) is 11.8 Å². The number of benzene rings is 2. The Labute approximate surface area is 156 Å². The predicted octanol–water partition coefficient (Wildman–Crippen LogP) is 3.51. The van der Waals surface area contributed by atoms with Crippen molar-refractivity contribution in [2.45, 2.75) is 39.3 Å². The van der Waals surface area contributed by atoms with Crippen LogP contribution in [0.2, 0.25) is 0 Å². The third-order valence-corrected chi connectivity index (χ3v) is 5.13. The molecule has 0 saturated carbocycles. The Kier molecular flexibility index (Phi) is 4.18. The molecular formula is C21H21N3O3. The maximum absolute atomic E-state index is 13.3. The lowest BCUT2D eigenvalue weighted by Gasteiger charge is -2.23. The molecule has 0 spiro atoms. The minimum Gasteiger partial charge on any atom is -0.507 e. The van der Waals surface area contributed by atoms with Gasteiger partial charge in [-0.1, -0.05) is 37.6 Å². The second kappa shape index (κ2) is 6.54. The lowest BCUT2D eigenvalue weighted by molar-refractivity contribution is -0.121. The largest absolute Gasteiger partial charge is 0.507 e. The Morgan fingerprint density at radius 3 is 2.81 bits per heavy atom. The van der Waals surface area contributed by atoms with E-state index in [1.54, 1.807) is 6.07 Å². The molecule has 2 N–H and O–H groups in total. The Balaban J connectivity index is 1.77. The van der Waals surface area contributed by atoms with E-state index in [1.807, 2.05) is 24.3 Å². The van der Waals surface area contributed by atoms with Gasteiger partial charge in [-0.2, -0.15) is 5.10 Å². The van der Waals surface area contributed by atoms with Gasteiger partial charge in [0, 0.05) is 23.7 Å². The normalized spacial score (nSPS) is 15.9. The van der Waals surface area contributed by atoms with Crippen molar-refractivity contribution < 1.29 is 14.7 Å². The van der Waals surface area contributed by atoms with Crippen LogP contribution in [0, 0.1) is 0 Å². The molecule has 1 aliphatic rings. The zero-order valence-electron chi connectivity index (χ0n) is 15.3. The number of phenols is 1. The van der Waals surface area contributed by atoms with E-state index < -0.39 is 6.04 Å². The number of carbonyl (C=O) groups is 2. The average molecular weight is 363 g/mol. The number of carbonyl (C=O) groups excluding carboxylic acids is 2. The Bertz CT molecular complexity index is 1050. The highest BCUT2D eigenvalue weighted by atomic mass is 16.3. The Hall–Kier alpha value is -3.15. The van der Waals surface area contributed by atoms with Gasteiger partial charge in [0.25, 0.3) is 5.91 Å². The average Bonchev–Trinajstić information content (AvgIpc) is 3.22. The smallest absolute Gasteiger partial charge is 0.258 e. The van der Waals surface area contributed by atoms with Crippen molar-refractivity contribution in [3.05, 3.63) is 58.8 Å². The van der Waals surface area contributed by atoms with Crippen molar-refractivity contribution in [2.24, 2.45) is 0 Å². The number of phenolic OH excluding ortho intramolecular Hbond substituents is 1. The first kappa shape index (κ1) is 17.3. The molecule has 3 aromatic rings. The van der Waals surface area contributed by atoms with Crippen molar-refractivity contribution in [2.75, 3.05) is 0 Å². The SMILES string of the molecule is CCCc1[nH]nc2cc(O)c(C(=O)N3Cc4ccccc4C3C(C)=O)cc12. The summed E-state index contributed by atoms with van der Waals surface area (Å²) >= 11 is 0. The molecule has 1 atom stereocenters. The summed E-state index contributed by atoms with van der Waals surface area (Å²) in [4.78, 5) is 27.1. The number of H-pyrrole nitrogens is 1. The number of aryl methyl sites for hydroxylation is 1. The number of hydrogen-bond donors (Lipinski definition) is 2. The van der Waals surface area contributed by atoms with Crippen LogP contribution in [0.5, 0.6) is 5.75 Å². The van der Waals surface area contributed by atoms with E-state index in [0.29, 0.717) is 12.1 Å². The maximum Gasteiger partial charge on any atom is 0.258 e. The van der Waals surface area contributed by atoms with Gasteiger partial charge in [0.15, 0.2) is 5.78 Å². The molecule has 1 aliphatic heterocycles. The molecule has 1 amide bonds. The van der Waals surface area contributed by atoms with Crippen LogP contribution < -0.4 is 0 Å². The predicted molar refractivity (Wildman–Crippen MR) is 101 cm³/mol. The minimum atomic E-state index is -0.622. The van der Waals surface area contributed by atoms with Crippen molar-refractivity contribution >= 4 is 22.6 Å². The van der Waals surface area contributed by atoms with Crippen molar-refractivity contribution in [3.8, 4) is 5.75 Å². The number of nitrogens with zero attached hydrogens (tertiary/aromatic N) is 2. The number of rotatable bonds is 4. The molecule has 4 rings (SSSR count). The van der Waals surface area contributed by atoms with Gasteiger partial charge in [-0.25, -0.2) is 0 Å². The van der Waals surface area contributed by atoms with Crippen LogP contribution >= 0.6 is 0 Å². The third kappa shape index (κ3) is 2.77. The first-order valence-electron chi connectivity index (χ1n) is 9.10. The van der Waals surface area contributed by atoms with Crippen LogP contribution in [-0.2, 0) is 17.8 Å². The number of amides is 1. The maximum atomic E-state index is 13.3. The Morgan fingerprint density at radius 1 is 1.30 bits per heavy atom. The third-order valence-electron chi connectivity index (χ3n) is 5.13. The van der Waals surface area contributed by atoms with Gasteiger partial charge < -0.3 is 10.0 Å². The molecule has 1 aromatic heterocycles. The molecule has 0 bridgehead atoms. The van der Waals surface area contributed by atoms with E-state index in [9.17, 15) is 14.7 Å². The molecule has 6 heteroatoms. The van der Waals surface area contributed by atoms with Gasteiger partial charge in [-0.15, -0.1) is 0 Å². The highest BCUT2D eigenvalue weighted by Gasteiger charge is 2.37. The molecule has 0 aliphatic carbocycles. The fourth-order valence-corrected chi connectivity index (χ4v) is 3.88. The summed E-state index contributed by atoms with van der Waals surface area (Å²) in [6.45, 7) is 3.91. The number of Topliss-reactive ketones (excluding diaryl/α,β-unsaturated/α-hetero) is 1. The monoisotopic (exact) mass is 363 g/mol. The number of aromatic hydroxyl groups is 1. The van der Waals surface area contributed by atoms with Crippen LogP contribution in [0.25, 0.3) is 10.9 Å². The van der Waals surface area contributed by atoms with Gasteiger partial charge in [0.05, 0.1) is 11.1 Å². The van der Waals surface area contributed by atoms with E-state index in [0.717, 1.165) is 35.0 Å². The number of fused-ring (bicyclic) bond motifs is 2. The summed E-state index contributed by atoms with van der Waals surface area (Å²) in [5.41, 5.74) is 3.57. The quantitative estimate of drug-likeness (QED) is 0.743. The summed E-state index contributed by atoms with van der Waals surface area (Å²) in [6.07, 6.45) is 1.75. The van der Waals surface area contributed by atoms with Crippen LogP contribution in [0.3, 0.4) is 0 Å². The van der Waals surface area contributed by atoms with E-state index in [2.05, 4.69) is 17.1 Å². The van der Waals surface area contributed by atoms with Crippen LogP contribution in [0.4, 0.5) is 0 Å². The number of ketones is 1. The Morgan fingerprint density at radius 2 is 2.07 bits per heavy atom. The highest BCUT2D eigenvalue weighted by molar-refractivity contribution is 6.03.